The molecule has 0 atom stereocenters. The minimum Gasteiger partial charge on any atom is -0.408 e. The van der Waals surface area contributed by atoms with Crippen LogP contribution in [0.1, 0.15) is 0 Å². The minimum absolute atomic E-state index is 0.0608. The molecule has 0 aromatic carbocycles. The first-order valence-electron chi connectivity index (χ1n) is 7.91. The second kappa shape index (κ2) is 6.16. The Morgan fingerprint density at radius 1 is 0.636 bits per heavy atom. The quantitative estimate of drug-likeness (QED) is 0.496. The van der Waals surface area contributed by atoms with Gasteiger partial charge in [0.1, 0.15) is 6.61 Å². The van der Waals surface area contributed by atoms with Gasteiger partial charge in [0.15, 0.2) is 8.32 Å². The maximum absolute atomic E-state index is 12.8. The zero-order valence-electron chi connectivity index (χ0n) is 16.2. The second-order valence-corrected chi connectivity index (χ2v) is 32.7. The molecule has 0 unspecified atom stereocenters. The van der Waals surface area contributed by atoms with Crippen LogP contribution in [0.5, 0.6) is 0 Å². The van der Waals surface area contributed by atoms with Gasteiger partial charge in [0.05, 0.1) is 0 Å². The van der Waals surface area contributed by atoms with Crippen LogP contribution in [0.15, 0.2) is 0 Å². The highest BCUT2D eigenvalue weighted by atomic mass is 28.5. The van der Waals surface area contributed by atoms with Crippen LogP contribution >= 0.6 is 0 Å². The first-order valence-corrected chi connectivity index (χ1v) is 21.3. The van der Waals surface area contributed by atoms with Gasteiger partial charge in [0.25, 0.3) is 0 Å². The van der Waals surface area contributed by atoms with Gasteiger partial charge >= 0.3 is 6.18 Å². The molecule has 8 heteroatoms. The van der Waals surface area contributed by atoms with E-state index in [0.29, 0.717) is 0 Å². The van der Waals surface area contributed by atoms with Gasteiger partial charge in [-0.2, -0.15) is 13.2 Å². The summed E-state index contributed by atoms with van der Waals surface area (Å²) in [4.78, 5) is 0. The highest BCUT2D eigenvalue weighted by molar-refractivity contribution is 7.28. The molecule has 0 aliphatic heterocycles. The van der Waals surface area contributed by atoms with Crippen LogP contribution in [0.2, 0.25) is 75.9 Å². The molecule has 0 aliphatic carbocycles. The smallest absolute Gasteiger partial charge is 0.408 e. The number of hydrogen-bond acceptors (Lipinski definition) is 1. The maximum Gasteiger partial charge on any atom is 0.410 e. The molecule has 0 fully saturated rings. The van der Waals surface area contributed by atoms with E-state index in [0.717, 1.165) is 0 Å². The van der Waals surface area contributed by atoms with Gasteiger partial charge in [-0.25, -0.2) is 0 Å². The van der Waals surface area contributed by atoms with Crippen molar-refractivity contribution in [3.05, 3.63) is 0 Å². The lowest BCUT2D eigenvalue weighted by Crippen LogP contribution is -2.76. The van der Waals surface area contributed by atoms with Crippen molar-refractivity contribution in [1.82, 2.24) is 0 Å². The Balaban J connectivity index is 6.31. The van der Waals surface area contributed by atoms with Gasteiger partial charge in [-0.3, -0.25) is 0 Å². The molecule has 0 saturated heterocycles. The molecular weight excluding hydrogens is 353 g/mol. The summed E-state index contributed by atoms with van der Waals surface area (Å²) in [5, 5.41) is 0. The van der Waals surface area contributed by atoms with E-state index in [9.17, 15) is 13.2 Å². The SMILES string of the molecule is C[Si](C)(C)C([Si](C)(C)C)([Si](C)(C)C)[Si](C)(C)OCC(F)(F)F. The fraction of sp³-hybridized carbons (Fsp3) is 1.00. The Hall–Kier alpha value is 0.618. The summed E-state index contributed by atoms with van der Waals surface area (Å²) in [6, 6.07) is 0. The summed E-state index contributed by atoms with van der Waals surface area (Å²) in [5.41, 5.74) is 0. The van der Waals surface area contributed by atoms with Gasteiger partial charge in [0, 0.05) is 24.2 Å². The van der Waals surface area contributed by atoms with Crippen LogP contribution in [-0.4, -0.2) is 45.3 Å². The Morgan fingerprint density at radius 3 is 1.09 bits per heavy atom. The Kier molecular flexibility index (Phi) is 6.33. The topological polar surface area (TPSA) is 9.23 Å². The Morgan fingerprint density at radius 2 is 0.909 bits per heavy atom. The molecule has 22 heavy (non-hydrogen) atoms. The first kappa shape index (κ1) is 22.6. The van der Waals surface area contributed by atoms with Gasteiger partial charge < -0.3 is 4.43 Å². The number of halogens is 3. The van der Waals surface area contributed by atoms with Crippen molar-refractivity contribution < 1.29 is 17.6 Å². The van der Waals surface area contributed by atoms with E-state index in [1.807, 2.05) is 13.1 Å². The van der Waals surface area contributed by atoms with Crippen LogP contribution in [0.25, 0.3) is 0 Å². The van der Waals surface area contributed by atoms with E-state index >= 15 is 0 Å². The third-order valence-corrected chi connectivity index (χ3v) is 40.0. The molecule has 0 aromatic rings. The van der Waals surface area contributed by atoms with E-state index < -0.39 is 45.3 Å². The molecule has 1 nitrogen and oxygen atoms in total. The van der Waals surface area contributed by atoms with E-state index in [4.69, 9.17) is 4.43 Å². The molecular formula is C14H35F3OSi4. The van der Waals surface area contributed by atoms with Crippen molar-refractivity contribution in [1.29, 1.82) is 0 Å². The van der Waals surface area contributed by atoms with Gasteiger partial charge in [-0.1, -0.05) is 58.9 Å². The predicted molar refractivity (Wildman–Crippen MR) is 102 cm³/mol. The van der Waals surface area contributed by atoms with E-state index in [1.165, 1.54) is 0 Å². The van der Waals surface area contributed by atoms with Crippen LogP contribution in [0.3, 0.4) is 0 Å². The number of rotatable bonds is 6. The van der Waals surface area contributed by atoms with Crippen molar-refractivity contribution >= 4 is 32.5 Å². The lowest BCUT2D eigenvalue weighted by molar-refractivity contribution is -0.155. The molecule has 0 heterocycles. The zero-order valence-corrected chi connectivity index (χ0v) is 20.2. The number of alkyl halides is 3. The average Bonchev–Trinajstić information content (AvgIpc) is 2.05. The zero-order chi connectivity index (χ0) is 18.4. The van der Waals surface area contributed by atoms with Crippen molar-refractivity contribution in [2.24, 2.45) is 0 Å². The Bertz CT molecular complexity index is 351. The van der Waals surface area contributed by atoms with Crippen LogP contribution < -0.4 is 0 Å². The van der Waals surface area contributed by atoms with Crippen LogP contribution in [0.4, 0.5) is 13.2 Å². The lowest BCUT2D eigenvalue weighted by atomic mass is 10.7. The summed E-state index contributed by atoms with van der Waals surface area (Å²) < 4.78 is 44.2. The summed E-state index contributed by atoms with van der Waals surface area (Å²) in [5.74, 6) is 0. The normalized spacial score (nSPS) is 16.1. The van der Waals surface area contributed by atoms with E-state index in [1.54, 1.807) is 0 Å². The highest BCUT2D eigenvalue weighted by Crippen LogP contribution is 2.59. The van der Waals surface area contributed by atoms with Crippen LogP contribution in [0, 0.1) is 0 Å². The minimum atomic E-state index is -4.24. The third kappa shape index (κ3) is 4.17. The molecule has 0 rings (SSSR count). The average molecular weight is 389 g/mol. The monoisotopic (exact) mass is 388 g/mol. The largest absolute Gasteiger partial charge is 0.410 e. The first-order chi connectivity index (χ1) is 9.21. The van der Waals surface area contributed by atoms with Gasteiger partial charge in [-0.05, 0) is 17.0 Å². The standard InChI is InChI=1S/C14H35F3OSi4/c1-19(2,3)14(20(4,5)6,21(7,8)9)22(10,11)18-12-13(15,16)17/h12H2,1-11H3. The fourth-order valence-corrected chi connectivity index (χ4v) is 56.5. The molecule has 0 radical (unpaired) electrons. The fourth-order valence-electron chi connectivity index (χ4n) is 6.45. The molecule has 134 valence electrons. The molecule has 0 aromatic heterocycles. The van der Waals surface area contributed by atoms with E-state index in [2.05, 4.69) is 58.9 Å². The lowest BCUT2D eigenvalue weighted by Gasteiger charge is -2.65. The highest BCUT2D eigenvalue weighted by Gasteiger charge is 2.68. The van der Waals surface area contributed by atoms with Crippen molar-refractivity contribution in [2.45, 2.75) is 82.1 Å². The molecule has 0 bridgehead atoms. The van der Waals surface area contributed by atoms with Crippen molar-refractivity contribution in [3.63, 3.8) is 0 Å². The molecule has 0 aliphatic rings. The summed E-state index contributed by atoms with van der Waals surface area (Å²) in [6.45, 7) is 24.1. The van der Waals surface area contributed by atoms with Crippen molar-refractivity contribution in [3.8, 4) is 0 Å². The van der Waals surface area contributed by atoms with Crippen molar-refractivity contribution in [2.75, 3.05) is 6.61 Å². The molecule has 0 saturated carbocycles. The third-order valence-electron chi connectivity index (χ3n) is 4.87. The second-order valence-electron chi connectivity index (χ2n) is 9.91. The maximum atomic E-state index is 12.8. The summed E-state index contributed by atoms with van der Waals surface area (Å²) in [7, 11) is -7.77. The Labute approximate surface area is 139 Å². The van der Waals surface area contributed by atoms with Gasteiger partial charge in [-0.15, -0.1) is 0 Å². The number of hydrogen-bond donors (Lipinski definition) is 0. The molecule has 0 N–H and O–H groups in total. The summed E-state index contributed by atoms with van der Waals surface area (Å²) >= 11 is 0. The van der Waals surface area contributed by atoms with Gasteiger partial charge in [0.2, 0.25) is 0 Å². The van der Waals surface area contributed by atoms with E-state index in [-0.39, 0.29) is 3.91 Å². The summed E-state index contributed by atoms with van der Waals surface area (Å²) in [6.07, 6.45) is -4.24. The molecule has 0 amide bonds. The van der Waals surface area contributed by atoms with Crippen LogP contribution in [-0.2, 0) is 4.43 Å². The predicted octanol–water partition coefficient (Wildman–Crippen LogP) is 6.14. The molecule has 0 spiro atoms.